The summed E-state index contributed by atoms with van der Waals surface area (Å²) >= 11 is 5.99. The van der Waals surface area contributed by atoms with Crippen molar-refractivity contribution in [3.05, 3.63) is 85.6 Å². The SMILES string of the molecule is COc1cccc(Cn2c(=O)c(C(=O)N3CCN(C)CC3)nn(-c3ccc(Cl)cc3)c2=O)c1. The smallest absolute Gasteiger partial charge is 0.352 e. The van der Waals surface area contributed by atoms with Crippen molar-refractivity contribution in [3.8, 4) is 11.4 Å². The molecule has 0 atom stereocenters. The molecule has 1 saturated heterocycles. The molecule has 0 spiro atoms. The number of nitrogens with zero attached hydrogens (tertiary/aromatic N) is 5. The molecule has 10 heteroatoms. The molecule has 1 aromatic heterocycles. The van der Waals surface area contributed by atoms with Crippen LogP contribution in [0.25, 0.3) is 5.69 Å². The molecule has 0 radical (unpaired) electrons. The molecule has 172 valence electrons. The van der Waals surface area contributed by atoms with Crippen LogP contribution in [-0.4, -0.2) is 70.4 Å². The molecule has 1 aliphatic heterocycles. The highest BCUT2D eigenvalue weighted by molar-refractivity contribution is 6.30. The molecule has 3 aromatic rings. The maximum absolute atomic E-state index is 13.3. The summed E-state index contributed by atoms with van der Waals surface area (Å²) in [7, 11) is 3.51. The van der Waals surface area contributed by atoms with Crippen LogP contribution in [-0.2, 0) is 6.54 Å². The van der Waals surface area contributed by atoms with Crippen LogP contribution in [0.5, 0.6) is 5.75 Å². The fraction of sp³-hybridized carbons (Fsp3) is 0.304. The fourth-order valence-electron chi connectivity index (χ4n) is 3.65. The van der Waals surface area contributed by atoms with E-state index in [1.165, 1.54) is 7.11 Å². The van der Waals surface area contributed by atoms with Crippen LogP contribution >= 0.6 is 11.6 Å². The monoisotopic (exact) mass is 469 g/mol. The Labute approximate surface area is 195 Å². The lowest BCUT2D eigenvalue weighted by Gasteiger charge is -2.32. The summed E-state index contributed by atoms with van der Waals surface area (Å²) in [4.78, 5) is 43.6. The number of rotatable bonds is 5. The average Bonchev–Trinajstić information content (AvgIpc) is 2.83. The lowest BCUT2D eigenvalue weighted by molar-refractivity contribution is 0.0652. The van der Waals surface area contributed by atoms with Crippen LogP contribution in [0.3, 0.4) is 0 Å². The minimum absolute atomic E-state index is 0.0337. The standard InChI is InChI=1S/C23H24ClN5O4/c1-26-10-12-27(13-11-26)21(30)20-22(31)28(15-16-4-3-5-19(14-16)33-2)23(32)29(25-20)18-8-6-17(24)7-9-18/h3-9,14H,10-13,15H2,1-2H3. The van der Waals surface area contributed by atoms with Gasteiger partial charge >= 0.3 is 5.69 Å². The van der Waals surface area contributed by atoms with Crippen LogP contribution in [0.2, 0.25) is 5.02 Å². The highest BCUT2D eigenvalue weighted by Gasteiger charge is 2.27. The van der Waals surface area contributed by atoms with Crippen molar-refractivity contribution in [1.29, 1.82) is 0 Å². The van der Waals surface area contributed by atoms with Crippen molar-refractivity contribution in [1.82, 2.24) is 24.1 Å². The number of amides is 1. The van der Waals surface area contributed by atoms with E-state index in [4.69, 9.17) is 16.3 Å². The van der Waals surface area contributed by atoms with Gasteiger partial charge in [-0.1, -0.05) is 23.7 Å². The third-order valence-electron chi connectivity index (χ3n) is 5.60. The van der Waals surface area contributed by atoms with Crippen LogP contribution < -0.4 is 16.0 Å². The number of likely N-dealkylation sites (N-methyl/N-ethyl adjacent to an activating group) is 1. The maximum Gasteiger partial charge on any atom is 0.352 e. The van der Waals surface area contributed by atoms with E-state index in [0.29, 0.717) is 48.2 Å². The summed E-state index contributed by atoms with van der Waals surface area (Å²) in [5.74, 6) is 0.108. The van der Waals surface area contributed by atoms with Crippen LogP contribution in [0, 0.1) is 0 Å². The maximum atomic E-state index is 13.3. The van der Waals surface area contributed by atoms with Gasteiger partial charge in [0.15, 0.2) is 0 Å². The van der Waals surface area contributed by atoms with E-state index in [-0.39, 0.29) is 12.2 Å². The molecular weight excluding hydrogens is 446 g/mol. The fourth-order valence-corrected chi connectivity index (χ4v) is 3.78. The first-order valence-electron chi connectivity index (χ1n) is 10.5. The number of hydrogen-bond acceptors (Lipinski definition) is 6. The summed E-state index contributed by atoms with van der Waals surface area (Å²) in [5.41, 5.74) is -0.592. The van der Waals surface area contributed by atoms with Crippen molar-refractivity contribution < 1.29 is 9.53 Å². The third kappa shape index (κ3) is 4.84. The van der Waals surface area contributed by atoms with Gasteiger partial charge in [0.1, 0.15) is 5.75 Å². The summed E-state index contributed by atoms with van der Waals surface area (Å²) < 4.78 is 7.35. The summed E-state index contributed by atoms with van der Waals surface area (Å²) in [5, 5.41) is 4.69. The number of carbonyl (C=O) groups is 1. The van der Waals surface area contributed by atoms with Crippen molar-refractivity contribution in [3.63, 3.8) is 0 Å². The van der Waals surface area contributed by atoms with Crippen LogP contribution in [0.1, 0.15) is 16.1 Å². The zero-order valence-corrected chi connectivity index (χ0v) is 19.2. The predicted octanol–water partition coefficient (Wildman–Crippen LogP) is 1.49. The minimum Gasteiger partial charge on any atom is -0.497 e. The highest BCUT2D eigenvalue weighted by Crippen LogP contribution is 2.14. The van der Waals surface area contributed by atoms with Crippen molar-refractivity contribution >= 4 is 17.5 Å². The average molecular weight is 470 g/mol. The molecule has 2 aromatic carbocycles. The zero-order valence-electron chi connectivity index (χ0n) is 18.4. The Morgan fingerprint density at radius 3 is 2.42 bits per heavy atom. The number of methoxy groups -OCH3 is 1. The summed E-state index contributed by atoms with van der Waals surface area (Å²) in [6.07, 6.45) is 0. The molecule has 1 amide bonds. The van der Waals surface area contributed by atoms with Gasteiger partial charge in [-0.2, -0.15) is 9.78 Å². The number of ether oxygens (including phenoxy) is 1. The first-order valence-corrected chi connectivity index (χ1v) is 10.9. The Morgan fingerprint density at radius 1 is 1.06 bits per heavy atom. The first-order chi connectivity index (χ1) is 15.9. The number of hydrogen-bond donors (Lipinski definition) is 0. The first kappa shape index (κ1) is 22.8. The van der Waals surface area contributed by atoms with Gasteiger partial charge in [-0.15, -0.1) is 0 Å². The molecule has 33 heavy (non-hydrogen) atoms. The molecule has 0 N–H and O–H groups in total. The second-order valence-electron chi connectivity index (χ2n) is 7.86. The van der Waals surface area contributed by atoms with Crippen molar-refractivity contribution in [2.24, 2.45) is 0 Å². The Kier molecular flexibility index (Phi) is 6.62. The molecule has 9 nitrogen and oxygen atoms in total. The van der Waals surface area contributed by atoms with Gasteiger partial charge in [0, 0.05) is 31.2 Å². The van der Waals surface area contributed by atoms with E-state index in [9.17, 15) is 14.4 Å². The van der Waals surface area contributed by atoms with Gasteiger partial charge < -0.3 is 14.5 Å². The van der Waals surface area contributed by atoms with Gasteiger partial charge in [0.2, 0.25) is 5.69 Å². The second-order valence-corrected chi connectivity index (χ2v) is 8.29. The zero-order chi connectivity index (χ0) is 23.5. The Bertz CT molecular complexity index is 1280. The van der Waals surface area contributed by atoms with Gasteiger partial charge in [0.25, 0.3) is 11.5 Å². The van der Waals surface area contributed by atoms with E-state index < -0.39 is 17.2 Å². The molecule has 4 rings (SSSR count). The highest BCUT2D eigenvalue weighted by atomic mass is 35.5. The molecule has 0 saturated carbocycles. The van der Waals surface area contributed by atoms with E-state index in [0.717, 1.165) is 9.25 Å². The van der Waals surface area contributed by atoms with E-state index in [1.54, 1.807) is 53.4 Å². The number of carbonyl (C=O) groups excluding carboxylic acids is 1. The van der Waals surface area contributed by atoms with Gasteiger partial charge in [-0.05, 0) is 49.0 Å². The Balaban J connectivity index is 1.83. The number of aromatic nitrogens is 3. The molecule has 2 heterocycles. The summed E-state index contributed by atoms with van der Waals surface area (Å²) in [6, 6.07) is 13.5. The van der Waals surface area contributed by atoms with Crippen molar-refractivity contribution in [2.75, 3.05) is 40.3 Å². The normalized spacial score (nSPS) is 14.3. The molecule has 1 aliphatic rings. The van der Waals surface area contributed by atoms with Gasteiger partial charge in [0.05, 0.1) is 19.3 Å². The Hall–Kier alpha value is -3.43. The van der Waals surface area contributed by atoms with Crippen LogP contribution in [0.4, 0.5) is 0 Å². The lowest BCUT2D eigenvalue weighted by Crippen LogP contribution is -2.51. The lowest BCUT2D eigenvalue weighted by atomic mass is 10.2. The van der Waals surface area contributed by atoms with E-state index in [2.05, 4.69) is 10.00 Å². The molecule has 0 unspecified atom stereocenters. The molecule has 0 aliphatic carbocycles. The number of benzene rings is 2. The number of halogens is 1. The summed E-state index contributed by atoms with van der Waals surface area (Å²) in [6.45, 7) is 2.31. The third-order valence-corrected chi connectivity index (χ3v) is 5.85. The van der Waals surface area contributed by atoms with E-state index in [1.807, 2.05) is 7.05 Å². The number of piperazine rings is 1. The molecule has 0 bridgehead atoms. The van der Waals surface area contributed by atoms with Gasteiger partial charge in [-0.3, -0.25) is 14.2 Å². The van der Waals surface area contributed by atoms with Crippen LogP contribution in [0.15, 0.2) is 58.1 Å². The topological polar surface area (TPSA) is 89.7 Å². The quantitative estimate of drug-likeness (QED) is 0.562. The Morgan fingerprint density at radius 2 is 1.76 bits per heavy atom. The van der Waals surface area contributed by atoms with E-state index >= 15 is 0 Å². The largest absolute Gasteiger partial charge is 0.497 e. The minimum atomic E-state index is -0.725. The molecular formula is C23H24ClN5O4. The predicted molar refractivity (Wildman–Crippen MR) is 125 cm³/mol. The van der Waals surface area contributed by atoms with Crippen molar-refractivity contribution in [2.45, 2.75) is 6.54 Å². The molecule has 1 fully saturated rings. The van der Waals surface area contributed by atoms with Gasteiger partial charge in [-0.25, -0.2) is 4.79 Å². The second kappa shape index (κ2) is 9.60.